The normalized spacial score (nSPS) is 18.4. The first-order valence-electron chi connectivity index (χ1n) is 11.4. The summed E-state index contributed by atoms with van der Waals surface area (Å²) in [4.78, 5) is 35.0. The van der Waals surface area contributed by atoms with Gasteiger partial charge in [0.05, 0.1) is 12.2 Å². The van der Waals surface area contributed by atoms with Crippen molar-refractivity contribution in [1.29, 1.82) is 0 Å². The minimum Gasteiger partial charge on any atom is -0.462 e. The lowest BCUT2D eigenvalue weighted by molar-refractivity contribution is 0.0526. The van der Waals surface area contributed by atoms with E-state index in [1.807, 2.05) is 11.0 Å². The number of amides is 2. The molecule has 2 aliphatic rings. The maximum Gasteiger partial charge on any atom is 0.339 e. The molecule has 0 saturated carbocycles. The van der Waals surface area contributed by atoms with E-state index in [2.05, 4.69) is 20.1 Å². The molecule has 33 heavy (non-hydrogen) atoms. The van der Waals surface area contributed by atoms with E-state index in [1.165, 1.54) is 18.3 Å². The highest BCUT2D eigenvalue weighted by Gasteiger charge is 2.26. The number of piperazine rings is 1. The standard InChI is InChI=1S/C24H30FN5O3/c1-2-33-23(31)19-3-8-22(26-16-19)28-11-13-29(14-12-28)24(32)27-15-18-9-10-30(17-18)21-6-4-20(25)5-7-21/h3-8,16,18H,2,9-15,17H2,1H3,(H,27,32). The molecule has 4 rings (SSSR count). The summed E-state index contributed by atoms with van der Waals surface area (Å²) in [6, 6.07) is 10.1. The van der Waals surface area contributed by atoms with Crippen LogP contribution in [0.5, 0.6) is 0 Å². The lowest BCUT2D eigenvalue weighted by Gasteiger charge is -2.35. The molecule has 1 aromatic carbocycles. The van der Waals surface area contributed by atoms with E-state index in [0.717, 1.165) is 31.0 Å². The molecule has 2 aliphatic heterocycles. The van der Waals surface area contributed by atoms with Gasteiger partial charge in [0.1, 0.15) is 11.6 Å². The lowest BCUT2D eigenvalue weighted by atomic mass is 10.1. The van der Waals surface area contributed by atoms with E-state index in [-0.39, 0.29) is 17.8 Å². The monoisotopic (exact) mass is 455 g/mol. The van der Waals surface area contributed by atoms with E-state index >= 15 is 0 Å². The Balaban J connectivity index is 1.20. The van der Waals surface area contributed by atoms with Crippen LogP contribution in [0.2, 0.25) is 0 Å². The molecule has 1 aromatic heterocycles. The van der Waals surface area contributed by atoms with Crippen molar-refractivity contribution < 1.29 is 18.7 Å². The summed E-state index contributed by atoms with van der Waals surface area (Å²) in [7, 11) is 0. The van der Waals surface area contributed by atoms with Gasteiger partial charge >= 0.3 is 12.0 Å². The van der Waals surface area contributed by atoms with Crippen LogP contribution in [0.4, 0.5) is 20.7 Å². The number of esters is 1. The molecule has 1 atom stereocenters. The number of aromatic nitrogens is 1. The fourth-order valence-electron chi connectivity index (χ4n) is 4.28. The fraction of sp³-hybridized carbons (Fsp3) is 0.458. The molecule has 2 aromatic rings. The predicted octanol–water partition coefficient (Wildman–Crippen LogP) is 2.76. The number of urea groups is 1. The number of halogens is 1. The van der Waals surface area contributed by atoms with Crippen molar-refractivity contribution in [2.45, 2.75) is 13.3 Å². The molecular weight excluding hydrogens is 425 g/mol. The molecule has 0 radical (unpaired) electrons. The third-order valence-corrected chi connectivity index (χ3v) is 6.17. The second-order valence-corrected chi connectivity index (χ2v) is 8.36. The van der Waals surface area contributed by atoms with E-state index in [9.17, 15) is 14.0 Å². The van der Waals surface area contributed by atoms with Gasteiger partial charge in [0, 0.05) is 57.7 Å². The second kappa shape index (κ2) is 10.5. The molecule has 8 nitrogen and oxygen atoms in total. The minimum absolute atomic E-state index is 0.0412. The van der Waals surface area contributed by atoms with Crippen molar-refractivity contribution in [1.82, 2.24) is 15.2 Å². The van der Waals surface area contributed by atoms with Crippen LogP contribution in [0.1, 0.15) is 23.7 Å². The van der Waals surface area contributed by atoms with Gasteiger partial charge in [-0.15, -0.1) is 0 Å². The Labute approximate surface area is 193 Å². The Morgan fingerprint density at radius 2 is 1.82 bits per heavy atom. The summed E-state index contributed by atoms with van der Waals surface area (Å²) in [5, 5.41) is 3.08. The van der Waals surface area contributed by atoms with Crippen LogP contribution in [0.25, 0.3) is 0 Å². The third kappa shape index (κ3) is 5.71. The maximum absolute atomic E-state index is 13.1. The number of carbonyl (C=O) groups is 2. The van der Waals surface area contributed by atoms with Crippen molar-refractivity contribution in [3.63, 3.8) is 0 Å². The number of rotatable bonds is 6. The summed E-state index contributed by atoms with van der Waals surface area (Å²) in [5.74, 6) is 0.560. The summed E-state index contributed by atoms with van der Waals surface area (Å²) < 4.78 is 18.1. The largest absolute Gasteiger partial charge is 0.462 e. The van der Waals surface area contributed by atoms with Crippen LogP contribution in [0, 0.1) is 11.7 Å². The van der Waals surface area contributed by atoms with Gasteiger partial charge < -0.3 is 24.8 Å². The predicted molar refractivity (Wildman–Crippen MR) is 124 cm³/mol. The highest BCUT2D eigenvalue weighted by atomic mass is 19.1. The Morgan fingerprint density at radius 3 is 2.48 bits per heavy atom. The van der Waals surface area contributed by atoms with Gasteiger partial charge in [-0.25, -0.2) is 19.0 Å². The van der Waals surface area contributed by atoms with E-state index in [0.29, 0.717) is 50.8 Å². The smallest absolute Gasteiger partial charge is 0.339 e. The highest BCUT2D eigenvalue weighted by Crippen LogP contribution is 2.23. The molecule has 1 unspecified atom stereocenters. The number of ether oxygens (including phenoxy) is 1. The van der Waals surface area contributed by atoms with Crippen LogP contribution in [-0.4, -0.2) is 74.3 Å². The zero-order chi connectivity index (χ0) is 23.2. The van der Waals surface area contributed by atoms with Crippen LogP contribution in [0.3, 0.4) is 0 Å². The Hall–Kier alpha value is -3.36. The lowest BCUT2D eigenvalue weighted by Crippen LogP contribution is -2.52. The number of hydrogen-bond acceptors (Lipinski definition) is 6. The molecule has 9 heteroatoms. The zero-order valence-corrected chi connectivity index (χ0v) is 18.9. The average Bonchev–Trinajstić information content (AvgIpc) is 3.32. The fourth-order valence-corrected chi connectivity index (χ4v) is 4.28. The summed E-state index contributed by atoms with van der Waals surface area (Å²) in [5.41, 5.74) is 1.45. The van der Waals surface area contributed by atoms with Crippen LogP contribution in [-0.2, 0) is 4.74 Å². The molecular formula is C24H30FN5O3. The molecule has 2 fully saturated rings. The summed E-state index contributed by atoms with van der Waals surface area (Å²) in [6.07, 6.45) is 2.53. The first-order chi connectivity index (χ1) is 16.0. The number of hydrogen-bond donors (Lipinski definition) is 1. The Kier molecular flexibility index (Phi) is 7.26. The zero-order valence-electron chi connectivity index (χ0n) is 18.9. The summed E-state index contributed by atoms with van der Waals surface area (Å²) >= 11 is 0. The van der Waals surface area contributed by atoms with Crippen molar-refractivity contribution >= 4 is 23.5 Å². The van der Waals surface area contributed by atoms with Crippen molar-refractivity contribution in [2.75, 3.05) is 62.2 Å². The number of nitrogens with zero attached hydrogens (tertiary/aromatic N) is 4. The summed E-state index contributed by atoms with van der Waals surface area (Å²) in [6.45, 7) is 7.08. The number of carbonyl (C=O) groups excluding carboxylic acids is 2. The van der Waals surface area contributed by atoms with Crippen LogP contribution >= 0.6 is 0 Å². The minimum atomic E-state index is -0.374. The molecule has 176 valence electrons. The van der Waals surface area contributed by atoms with Gasteiger partial charge in [-0.05, 0) is 55.7 Å². The number of nitrogens with one attached hydrogen (secondary N) is 1. The first kappa shape index (κ1) is 22.8. The van der Waals surface area contributed by atoms with E-state index in [4.69, 9.17) is 4.74 Å². The van der Waals surface area contributed by atoms with E-state index < -0.39 is 0 Å². The SMILES string of the molecule is CCOC(=O)c1ccc(N2CCN(C(=O)NCC3CCN(c4ccc(F)cc4)C3)CC2)nc1. The Morgan fingerprint density at radius 1 is 1.06 bits per heavy atom. The highest BCUT2D eigenvalue weighted by molar-refractivity contribution is 5.89. The first-order valence-corrected chi connectivity index (χ1v) is 11.4. The van der Waals surface area contributed by atoms with Crippen molar-refractivity contribution in [3.05, 3.63) is 54.0 Å². The van der Waals surface area contributed by atoms with Crippen molar-refractivity contribution in [2.24, 2.45) is 5.92 Å². The molecule has 2 saturated heterocycles. The van der Waals surface area contributed by atoms with Gasteiger partial charge in [0.25, 0.3) is 0 Å². The number of pyridine rings is 1. The number of anilines is 2. The molecule has 3 heterocycles. The van der Waals surface area contributed by atoms with Gasteiger partial charge in [-0.2, -0.15) is 0 Å². The van der Waals surface area contributed by atoms with Gasteiger partial charge in [0.15, 0.2) is 0 Å². The molecule has 0 spiro atoms. The molecule has 0 aliphatic carbocycles. The average molecular weight is 456 g/mol. The van der Waals surface area contributed by atoms with Gasteiger partial charge in [0.2, 0.25) is 0 Å². The van der Waals surface area contributed by atoms with Gasteiger partial charge in [-0.3, -0.25) is 0 Å². The quantitative estimate of drug-likeness (QED) is 0.675. The molecule has 0 bridgehead atoms. The van der Waals surface area contributed by atoms with E-state index in [1.54, 1.807) is 25.1 Å². The second-order valence-electron chi connectivity index (χ2n) is 8.36. The van der Waals surface area contributed by atoms with Crippen LogP contribution < -0.4 is 15.1 Å². The molecule has 2 amide bonds. The topological polar surface area (TPSA) is 78.0 Å². The van der Waals surface area contributed by atoms with Crippen molar-refractivity contribution in [3.8, 4) is 0 Å². The Bertz CT molecular complexity index is 946. The maximum atomic E-state index is 13.1. The van der Waals surface area contributed by atoms with Gasteiger partial charge in [-0.1, -0.05) is 0 Å². The number of benzene rings is 1. The molecule has 1 N–H and O–H groups in total. The van der Waals surface area contributed by atoms with Crippen LogP contribution in [0.15, 0.2) is 42.6 Å². The third-order valence-electron chi connectivity index (χ3n) is 6.17.